The highest BCUT2D eigenvalue weighted by Crippen LogP contribution is 2.45. The number of hydrogen-bond acceptors (Lipinski definition) is 4. The molecular weight excluding hydrogens is 483 g/mol. The highest BCUT2D eigenvalue weighted by Gasteiger charge is 2.41. The first-order valence-corrected chi connectivity index (χ1v) is 12.8. The van der Waals surface area contributed by atoms with Crippen LogP contribution >= 0.6 is 0 Å². The molecule has 0 aromatic heterocycles. The number of hydrogen-bond donors (Lipinski definition) is 1. The molecule has 0 radical (unpaired) electrons. The van der Waals surface area contributed by atoms with Crippen molar-refractivity contribution in [3.8, 4) is 0 Å². The molecule has 2 aromatic carbocycles. The number of carbonyl (C=O) groups is 3. The number of anilines is 1. The predicted molar refractivity (Wildman–Crippen MR) is 132 cm³/mol. The minimum Gasteiger partial charge on any atom is -0.371 e. The molecule has 1 unspecified atom stereocenters. The standard InChI is InChI=1S/C28H30F3N3O3/c29-28(30,31)22-18-20(21-7-9-24(35)32-25(21)36)6-8-23(22)33-14-10-27(11-15-33)12-16-34(17-13-27)26(37)19-4-2-1-3-5-19/h1-6,8,18,21H,7,9-17H2,(H,32,35,36). The first kappa shape index (κ1) is 25.3. The van der Waals surface area contributed by atoms with Crippen molar-refractivity contribution in [2.24, 2.45) is 5.41 Å². The van der Waals surface area contributed by atoms with E-state index in [-0.39, 0.29) is 35.4 Å². The summed E-state index contributed by atoms with van der Waals surface area (Å²) >= 11 is 0. The van der Waals surface area contributed by atoms with Crippen LogP contribution < -0.4 is 10.2 Å². The van der Waals surface area contributed by atoms with Crippen LogP contribution in [0.1, 0.15) is 65.9 Å². The lowest BCUT2D eigenvalue weighted by Gasteiger charge is -2.47. The molecule has 3 saturated heterocycles. The third kappa shape index (κ3) is 5.22. The normalized spacial score (nSPS) is 22.2. The van der Waals surface area contributed by atoms with Gasteiger partial charge in [-0.3, -0.25) is 19.7 Å². The van der Waals surface area contributed by atoms with Crippen molar-refractivity contribution < 1.29 is 27.6 Å². The minimum atomic E-state index is -4.56. The minimum absolute atomic E-state index is 0.0267. The maximum absolute atomic E-state index is 14.1. The van der Waals surface area contributed by atoms with Gasteiger partial charge in [0.15, 0.2) is 0 Å². The van der Waals surface area contributed by atoms with E-state index >= 15 is 0 Å². The fraction of sp³-hybridized carbons (Fsp3) is 0.464. The molecule has 5 rings (SSSR count). The van der Waals surface area contributed by atoms with Crippen LogP contribution in [-0.4, -0.2) is 48.8 Å². The van der Waals surface area contributed by atoms with Crippen LogP contribution in [0.3, 0.4) is 0 Å². The molecule has 1 atom stereocenters. The molecule has 3 amide bonds. The molecule has 6 nitrogen and oxygen atoms in total. The molecule has 37 heavy (non-hydrogen) atoms. The predicted octanol–water partition coefficient (Wildman–Crippen LogP) is 4.75. The number of alkyl halides is 3. The van der Waals surface area contributed by atoms with Crippen molar-refractivity contribution in [1.82, 2.24) is 10.2 Å². The fourth-order valence-electron chi connectivity index (χ4n) is 5.95. The van der Waals surface area contributed by atoms with Crippen molar-refractivity contribution in [2.75, 3.05) is 31.1 Å². The Kier molecular flexibility index (Phi) is 6.72. The van der Waals surface area contributed by atoms with Crippen LogP contribution in [-0.2, 0) is 15.8 Å². The van der Waals surface area contributed by atoms with Crippen LogP contribution in [0.2, 0.25) is 0 Å². The van der Waals surface area contributed by atoms with E-state index < -0.39 is 29.5 Å². The molecule has 0 bridgehead atoms. The summed E-state index contributed by atoms with van der Waals surface area (Å²) in [4.78, 5) is 40.1. The van der Waals surface area contributed by atoms with Gasteiger partial charge in [-0.15, -0.1) is 0 Å². The molecule has 2 aromatic rings. The Morgan fingerprint density at radius 3 is 2.19 bits per heavy atom. The van der Waals surface area contributed by atoms with E-state index in [4.69, 9.17) is 0 Å². The van der Waals surface area contributed by atoms with Crippen LogP contribution in [0.4, 0.5) is 18.9 Å². The molecule has 1 spiro atoms. The maximum atomic E-state index is 14.1. The van der Waals surface area contributed by atoms with Gasteiger partial charge >= 0.3 is 6.18 Å². The van der Waals surface area contributed by atoms with Crippen LogP contribution in [0.5, 0.6) is 0 Å². The SMILES string of the molecule is O=C1CCC(c2ccc(N3CCC4(CCN(C(=O)c5ccccc5)CC4)CC3)c(C(F)(F)F)c2)C(=O)N1. The number of carbonyl (C=O) groups excluding carboxylic acids is 3. The number of piperidine rings is 3. The van der Waals surface area contributed by atoms with Crippen molar-refractivity contribution in [2.45, 2.75) is 50.6 Å². The van der Waals surface area contributed by atoms with E-state index in [1.807, 2.05) is 35.2 Å². The lowest BCUT2D eigenvalue weighted by Crippen LogP contribution is -2.48. The van der Waals surface area contributed by atoms with E-state index in [2.05, 4.69) is 5.32 Å². The summed E-state index contributed by atoms with van der Waals surface area (Å²) in [5.74, 6) is -1.68. The Morgan fingerprint density at radius 1 is 0.919 bits per heavy atom. The van der Waals surface area contributed by atoms with E-state index in [9.17, 15) is 27.6 Å². The monoisotopic (exact) mass is 513 g/mol. The third-order valence-corrected chi connectivity index (χ3v) is 8.26. The van der Waals surface area contributed by atoms with Gasteiger partial charge < -0.3 is 9.80 Å². The first-order chi connectivity index (χ1) is 17.7. The van der Waals surface area contributed by atoms with Crippen molar-refractivity contribution in [3.63, 3.8) is 0 Å². The number of halogens is 3. The smallest absolute Gasteiger partial charge is 0.371 e. The van der Waals surface area contributed by atoms with Crippen molar-refractivity contribution >= 4 is 23.4 Å². The van der Waals surface area contributed by atoms with E-state index in [0.717, 1.165) is 31.7 Å². The number of benzene rings is 2. The van der Waals surface area contributed by atoms with Gasteiger partial charge in [0.05, 0.1) is 11.5 Å². The highest BCUT2D eigenvalue weighted by molar-refractivity contribution is 6.01. The van der Waals surface area contributed by atoms with Crippen molar-refractivity contribution in [3.05, 3.63) is 65.2 Å². The second-order valence-corrected chi connectivity index (χ2v) is 10.4. The highest BCUT2D eigenvalue weighted by atomic mass is 19.4. The summed E-state index contributed by atoms with van der Waals surface area (Å²) < 4.78 is 42.3. The largest absolute Gasteiger partial charge is 0.418 e. The first-order valence-electron chi connectivity index (χ1n) is 12.8. The van der Waals surface area contributed by atoms with Crippen LogP contribution in [0.15, 0.2) is 48.5 Å². The molecule has 9 heteroatoms. The lowest BCUT2D eigenvalue weighted by atomic mass is 9.71. The third-order valence-electron chi connectivity index (χ3n) is 8.26. The second-order valence-electron chi connectivity index (χ2n) is 10.4. The summed E-state index contributed by atoms with van der Waals surface area (Å²) in [6.07, 6.45) is -1.01. The number of nitrogens with one attached hydrogen (secondary N) is 1. The van der Waals surface area contributed by atoms with Gasteiger partial charge in [-0.05, 0) is 67.3 Å². The number of imide groups is 1. The van der Waals surface area contributed by atoms with Gasteiger partial charge in [-0.25, -0.2) is 0 Å². The van der Waals surface area contributed by atoms with Gasteiger partial charge in [0, 0.05) is 43.9 Å². The average Bonchev–Trinajstić information content (AvgIpc) is 2.89. The van der Waals surface area contributed by atoms with Gasteiger partial charge in [0.1, 0.15) is 0 Å². The van der Waals surface area contributed by atoms with Gasteiger partial charge in [-0.1, -0.05) is 24.3 Å². The molecule has 3 aliphatic heterocycles. The maximum Gasteiger partial charge on any atom is 0.418 e. The zero-order valence-electron chi connectivity index (χ0n) is 20.5. The average molecular weight is 514 g/mol. The quantitative estimate of drug-likeness (QED) is 0.602. The zero-order chi connectivity index (χ0) is 26.2. The molecule has 0 saturated carbocycles. The van der Waals surface area contributed by atoms with E-state index in [1.165, 1.54) is 6.07 Å². The topological polar surface area (TPSA) is 69.7 Å². The van der Waals surface area contributed by atoms with Crippen LogP contribution in [0.25, 0.3) is 0 Å². The van der Waals surface area contributed by atoms with Crippen molar-refractivity contribution in [1.29, 1.82) is 0 Å². The summed E-state index contributed by atoms with van der Waals surface area (Å²) in [5, 5.41) is 2.22. The Hall–Kier alpha value is -3.36. The number of rotatable bonds is 3. The molecule has 3 heterocycles. The Morgan fingerprint density at radius 2 is 1.57 bits per heavy atom. The number of nitrogens with zero attached hydrogens (tertiary/aromatic N) is 2. The molecule has 3 fully saturated rings. The summed E-state index contributed by atoms with van der Waals surface area (Å²) in [6.45, 7) is 2.32. The molecular formula is C28H30F3N3O3. The summed E-state index contributed by atoms with van der Waals surface area (Å²) in [5.41, 5.74) is 0.386. The Labute approximate surface area is 213 Å². The Balaban J connectivity index is 1.26. The fourth-order valence-corrected chi connectivity index (χ4v) is 5.95. The Bertz CT molecular complexity index is 1180. The molecule has 3 aliphatic rings. The van der Waals surface area contributed by atoms with Gasteiger partial charge in [0.25, 0.3) is 5.91 Å². The number of likely N-dealkylation sites (tertiary alicyclic amines) is 1. The van der Waals surface area contributed by atoms with Crippen LogP contribution in [0, 0.1) is 5.41 Å². The lowest BCUT2D eigenvalue weighted by molar-refractivity contribution is -0.138. The van der Waals surface area contributed by atoms with E-state index in [0.29, 0.717) is 31.7 Å². The zero-order valence-corrected chi connectivity index (χ0v) is 20.5. The number of amides is 3. The molecule has 196 valence electrons. The van der Waals surface area contributed by atoms with Gasteiger partial charge in [-0.2, -0.15) is 13.2 Å². The van der Waals surface area contributed by atoms with Gasteiger partial charge in [0.2, 0.25) is 11.8 Å². The second kappa shape index (κ2) is 9.84. The molecule has 0 aliphatic carbocycles. The summed E-state index contributed by atoms with van der Waals surface area (Å²) in [6, 6.07) is 13.3. The van der Waals surface area contributed by atoms with E-state index in [1.54, 1.807) is 11.0 Å². The summed E-state index contributed by atoms with van der Waals surface area (Å²) in [7, 11) is 0. The molecule has 1 N–H and O–H groups in total.